The first kappa shape index (κ1) is 26.1. The van der Waals surface area contributed by atoms with Crippen LogP contribution in [0.4, 0.5) is 36.3 Å². The van der Waals surface area contributed by atoms with Gasteiger partial charge in [0.2, 0.25) is 18.1 Å². The highest BCUT2D eigenvalue weighted by atomic mass is 19.4. The van der Waals surface area contributed by atoms with E-state index in [1.54, 1.807) is 12.1 Å². The highest BCUT2D eigenvalue weighted by Crippen LogP contribution is 2.40. The Morgan fingerprint density at radius 1 is 1.14 bits per heavy atom. The van der Waals surface area contributed by atoms with Gasteiger partial charge in [0, 0.05) is 25.3 Å². The molecule has 3 N–H and O–H groups in total. The molecule has 2 aromatic rings. The maximum atomic E-state index is 13.8. The predicted molar refractivity (Wildman–Crippen MR) is 131 cm³/mol. The fourth-order valence-corrected chi connectivity index (χ4v) is 4.39. The molecule has 4 rings (SSSR count). The molecule has 0 bridgehead atoms. The summed E-state index contributed by atoms with van der Waals surface area (Å²) in [6, 6.07) is 4.85. The molecule has 0 spiro atoms. The Labute approximate surface area is 211 Å². The van der Waals surface area contributed by atoms with Gasteiger partial charge in [-0.1, -0.05) is 19.1 Å². The Hall–Kier alpha value is -3.96. The lowest BCUT2D eigenvalue weighted by Crippen LogP contribution is -2.45. The number of hydrogen-bond donors (Lipinski definition) is 3. The third-order valence-electron chi connectivity index (χ3n) is 6.58. The fourth-order valence-electron chi connectivity index (χ4n) is 4.39. The van der Waals surface area contributed by atoms with Crippen LogP contribution in [0.25, 0.3) is 0 Å². The zero-order valence-corrected chi connectivity index (χ0v) is 20.0. The van der Waals surface area contributed by atoms with Crippen LogP contribution in [0.1, 0.15) is 49.1 Å². The van der Waals surface area contributed by atoms with Gasteiger partial charge in [0.05, 0.1) is 11.4 Å². The van der Waals surface area contributed by atoms with Gasteiger partial charge in [0.1, 0.15) is 11.4 Å². The van der Waals surface area contributed by atoms with E-state index in [1.165, 1.54) is 4.90 Å². The summed E-state index contributed by atoms with van der Waals surface area (Å²) in [5, 5.41) is 8.35. The molecule has 1 aromatic heterocycles. The van der Waals surface area contributed by atoms with Gasteiger partial charge < -0.3 is 20.9 Å². The number of halogens is 3. The second-order valence-electron chi connectivity index (χ2n) is 9.09. The van der Waals surface area contributed by atoms with Crippen molar-refractivity contribution in [3.05, 3.63) is 48.2 Å². The van der Waals surface area contributed by atoms with Crippen LogP contribution in [-0.2, 0) is 20.6 Å². The molecule has 2 heterocycles. The molecule has 1 aliphatic carbocycles. The Balaban J connectivity index is 1.62. The molecule has 1 aliphatic heterocycles. The molecule has 9 nitrogen and oxygen atoms in total. The van der Waals surface area contributed by atoms with Gasteiger partial charge in [-0.2, -0.15) is 18.2 Å². The van der Waals surface area contributed by atoms with E-state index in [4.69, 9.17) is 0 Å². The monoisotopic (exact) mass is 516 g/mol. The minimum atomic E-state index is -4.74. The van der Waals surface area contributed by atoms with Gasteiger partial charge in [-0.05, 0) is 55.4 Å². The highest BCUT2D eigenvalue weighted by Gasteiger charge is 2.36. The topological polar surface area (TPSA) is 116 Å². The maximum absolute atomic E-state index is 13.8. The number of hydrogen-bond acceptors (Lipinski definition) is 7. The summed E-state index contributed by atoms with van der Waals surface area (Å²) in [4.78, 5) is 43.9. The number of carbonyl (C=O) groups is 3. The molecular weight excluding hydrogens is 489 g/mol. The summed E-state index contributed by atoms with van der Waals surface area (Å²) in [7, 11) is 0. The minimum absolute atomic E-state index is 0.0660. The third-order valence-corrected chi connectivity index (χ3v) is 6.58. The number of likely N-dealkylation sites (tertiary alicyclic amines) is 1. The normalized spacial score (nSPS) is 17.9. The van der Waals surface area contributed by atoms with Crippen LogP contribution in [0.3, 0.4) is 0 Å². The van der Waals surface area contributed by atoms with E-state index in [1.807, 2.05) is 6.07 Å². The van der Waals surface area contributed by atoms with Crippen LogP contribution >= 0.6 is 0 Å². The van der Waals surface area contributed by atoms with Crippen molar-refractivity contribution in [2.75, 3.05) is 29.0 Å². The molecule has 1 saturated heterocycles. The van der Waals surface area contributed by atoms with Crippen LogP contribution in [0, 0.1) is 0 Å². The van der Waals surface area contributed by atoms with E-state index < -0.39 is 29.4 Å². The molecule has 1 saturated carbocycles. The third kappa shape index (κ3) is 6.25. The Morgan fingerprint density at radius 2 is 1.92 bits per heavy atom. The van der Waals surface area contributed by atoms with Crippen molar-refractivity contribution < 1.29 is 27.6 Å². The highest BCUT2D eigenvalue weighted by molar-refractivity contribution is 6.23. The molecular formula is C25H27F3N6O3. The van der Waals surface area contributed by atoms with Gasteiger partial charge in [0.25, 0.3) is 5.91 Å². The van der Waals surface area contributed by atoms with Gasteiger partial charge in [-0.25, -0.2) is 4.98 Å². The number of carbonyl (C=O) groups excluding carboxylic acids is 3. The molecule has 196 valence electrons. The Bertz CT molecular complexity index is 1200. The summed E-state index contributed by atoms with van der Waals surface area (Å²) in [6.07, 6.45) is 1.62. The van der Waals surface area contributed by atoms with Crippen molar-refractivity contribution in [2.24, 2.45) is 0 Å². The number of aromatic nitrogens is 2. The van der Waals surface area contributed by atoms with Gasteiger partial charge in [-0.3, -0.25) is 14.4 Å². The molecule has 2 aliphatic rings. The van der Waals surface area contributed by atoms with Gasteiger partial charge in [0.15, 0.2) is 0 Å². The van der Waals surface area contributed by atoms with E-state index in [2.05, 4.69) is 32.5 Å². The van der Waals surface area contributed by atoms with Crippen molar-refractivity contribution in [1.82, 2.24) is 14.9 Å². The Morgan fingerprint density at radius 3 is 2.57 bits per heavy atom. The fraction of sp³-hybridized carbons (Fsp3) is 0.400. The zero-order chi connectivity index (χ0) is 26.6. The van der Waals surface area contributed by atoms with Crippen molar-refractivity contribution in [3.8, 4) is 0 Å². The number of rotatable bonds is 8. The molecule has 2 fully saturated rings. The number of nitrogens with one attached hydrogen (secondary N) is 3. The van der Waals surface area contributed by atoms with Crippen LogP contribution in [0.15, 0.2) is 37.1 Å². The number of aldehydes is 1. The standard InChI is InChI=1S/C25H27F3N6O3/c1-2-21(36)31-20-11-16(15-5-3-6-15)8-9-19(20)32-23-18(25(26,27)28)12-29-24(33-23)30-17-7-4-10-34(13-17)22(37)14-35/h2,8-9,11-12,14-15,17H,1,3-7,10,13H2,(H,31,36)(H2,29,30,32,33). The first-order valence-corrected chi connectivity index (χ1v) is 12.0. The quantitative estimate of drug-likeness (QED) is 0.273. The lowest BCUT2D eigenvalue weighted by Gasteiger charge is -2.32. The first-order chi connectivity index (χ1) is 17.7. The summed E-state index contributed by atoms with van der Waals surface area (Å²) in [5.74, 6) is -1.37. The molecule has 1 atom stereocenters. The van der Waals surface area contributed by atoms with Crippen LogP contribution < -0.4 is 16.0 Å². The van der Waals surface area contributed by atoms with Crippen molar-refractivity contribution in [3.63, 3.8) is 0 Å². The summed E-state index contributed by atoms with van der Waals surface area (Å²) in [5.41, 5.74) is 0.451. The lowest BCUT2D eigenvalue weighted by molar-refractivity contribution is -0.139. The number of amides is 2. The maximum Gasteiger partial charge on any atom is 0.421 e. The minimum Gasteiger partial charge on any atom is -0.350 e. The lowest BCUT2D eigenvalue weighted by atomic mass is 9.80. The number of anilines is 4. The van der Waals surface area contributed by atoms with Crippen molar-refractivity contribution >= 4 is 41.2 Å². The Kier molecular flexibility index (Phi) is 7.74. The zero-order valence-electron chi connectivity index (χ0n) is 20.0. The van der Waals surface area contributed by atoms with E-state index >= 15 is 0 Å². The van der Waals surface area contributed by atoms with Gasteiger partial charge in [-0.15, -0.1) is 0 Å². The van der Waals surface area contributed by atoms with E-state index in [0.29, 0.717) is 37.2 Å². The number of benzene rings is 1. The molecule has 1 unspecified atom stereocenters. The predicted octanol–water partition coefficient (Wildman–Crippen LogP) is 4.23. The van der Waals surface area contributed by atoms with Crippen LogP contribution in [-0.4, -0.2) is 52.1 Å². The van der Waals surface area contributed by atoms with Crippen molar-refractivity contribution in [2.45, 2.75) is 50.2 Å². The van der Waals surface area contributed by atoms with Crippen LogP contribution in [0.2, 0.25) is 0 Å². The van der Waals surface area contributed by atoms with E-state index in [9.17, 15) is 27.6 Å². The summed E-state index contributed by atoms with van der Waals surface area (Å²) < 4.78 is 41.4. The molecule has 2 amide bonds. The molecule has 37 heavy (non-hydrogen) atoms. The second-order valence-corrected chi connectivity index (χ2v) is 9.09. The van der Waals surface area contributed by atoms with Crippen LogP contribution in [0.5, 0.6) is 0 Å². The molecule has 1 aromatic carbocycles. The van der Waals surface area contributed by atoms with E-state index in [0.717, 1.165) is 30.9 Å². The smallest absolute Gasteiger partial charge is 0.350 e. The van der Waals surface area contributed by atoms with E-state index in [-0.39, 0.29) is 30.5 Å². The molecule has 12 heteroatoms. The number of alkyl halides is 3. The SMILES string of the molecule is C=CC(=O)Nc1cc(C2CCC2)ccc1Nc1nc(NC2CCCN(C(=O)C=O)C2)ncc1C(F)(F)F. The van der Waals surface area contributed by atoms with Crippen molar-refractivity contribution in [1.29, 1.82) is 0 Å². The summed E-state index contributed by atoms with van der Waals surface area (Å²) >= 11 is 0. The number of nitrogens with zero attached hydrogens (tertiary/aromatic N) is 3. The number of piperidine rings is 1. The largest absolute Gasteiger partial charge is 0.421 e. The van der Waals surface area contributed by atoms with Gasteiger partial charge >= 0.3 is 6.18 Å². The molecule has 0 radical (unpaired) electrons. The average Bonchev–Trinajstić information content (AvgIpc) is 2.83. The second kappa shape index (κ2) is 11.0. The average molecular weight is 517 g/mol. The summed E-state index contributed by atoms with van der Waals surface area (Å²) in [6.45, 7) is 4.06. The first-order valence-electron chi connectivity index (χ1n) is 12.0.